The lowest BCUT2D eigenvalue weighted by molar-refractivity contribution is -0.143. The van der Waals surface area contributed by atoms with E-state index in [1.165, 1.54) is 0 Å². The van der Waals surface area contributed by atoms with Gasteiger partial charge in [-0.15, -0.1) is 0 Å². The molecule has 1 fully saturated rings. The molecule has 6 nitrogen and oxygen atoms in total. The van der Waals surface area contributed by atoms with E-state index in [1.54, 1.807) is 6.08 Å². The minimum atomic E-state index is -0.565. The number of nitrogens with one attached hydrogen (secondary N) is 1. The summed E-state index contributed by atoms with van der Waals surface area (Å²) in [5, 5.41) is 0.595. The lowest BCUT2D eigenvalue weighted by Gasteiger charge is -2.17. The SMILES string of the molecule is NNC(=O)CN1C(=O)[C@@H]2CC=C(Cl)C[C@H]2C1=O. The monoisotopic (exact) mass is 257 g/mol. The number of likely N-dealkylation sites (tertiary alicyclic amines) is 1. The van der Waals surface area contributed by atoms with Crippen LogP contribution in [0.3, 0.4) is 0 Å². The number of imide groups is 1. The zero-order valence-electron chi connectivity index (χ0n) is 8.98. The Kier molecular flexibility index (Phi) is 3.17. The number of fused-ring (bicyclic) bond motifs is 1. The van der Waals surface area contributed by atoms with Crippen LogP contribution in [0.15, 0.2) is 11.1 Å². The van der Waals surface area contributed by atoms with Gasteiger partial charge in [0.1, 0.15) is 6.54 Å². The van der Waals surface area contributed by atoms with Crippen LogP contribution in [-0.4, -0.2) is 29.2 Å². The summed E-state index contributed by atoms with van der Waals surface area (Å²) in [6.07, 6.45) is 2.58. The van der Waals surface area contributed by atoms with Gasteiger partial charge < -0.3 is 0 Å². The number of allylic oxidation sites excluding steroid dienone is 2. The van der Waals surface area contributed by atoms with E-state index in [0.717, 1.165) is 4.90 Å². The third-order valence-corrected chi connectivity index (χ3v) is 3.43. The second-order valence-corrected chi connectivity index (χ2v) is 4.62. The number of carbonyl (C=O) groups is 3. The van der Waals surface area contributed by atoms with Crippen molar-refractivity contribution in [1.29, 1.82) is 0 Å². The molecule has 0 unspecified atom stereocenters. The lowest BCUT2D eigenvalue weighted by atomic mass is 9.85. The average molecular weight is 258 g/mol. The first kappa shape index (κ1) is 12.1. The minimum absolute atomic E-state index is 0.316. The van der Waals surface area contributed by atoms with Crippen molar-refractivity contribution >= 4 is 29.3 Å². The van der Waals surface area contributed by atoms with Crippen LogP contribution in [-0.2, 0) is 14.4 Å². The van der Waals surface area contributed by atoms with E-state index >= 15 is 0 Å². The summed E-state index contributed by atoms with van der Waals surface area (Å²) >= 11 is 5.86. The van der Waals surface area contributed by atoms with Crippen molar-refractivity contribution in [3.63, 3.8) is 0 Å². The van der Waals surface area contributed by atoms with Gasteiger partial charge in [-0.1, -0.05) is 17.7 Å². The number of carbonyl (C=O) groups excluding carboxylic acids is 3. The Labute approximate surface area is 103 Å². The number of nitrogens with two attached hydrogens (primary N) is 1. The van der Waals surface area contributed by atoms with Crippen molar-refractivity contribution in [3.05, 3.63) is 11.1 Å². The predicted octanol–water partition coefficient (Wildman–Crippen LogP) is -0.506. The molecule has 2 atom stereocenters. The highest BCUT2D eigenvalue weighted by Crippen LogP contribution is 2.38. The van der Waals surface area contributed by atoms with E-state index in [4.69, 9.17) is 17.4 Å². The first-order valence-corrected chi connectivity index (χ1v) is 5.61. The number of halogens is 1. The highest BCUT2D eigenvalue weighted by Gasteiger charge is 2.48. The maximum Gasteiger partial charge on any atom is 0.254 e. The Morgan fingerprint density at radius 2 is 2.12 bits per heavy atom. The van der Waals surface area contributed by atoms with Gasteiger partial charge in [-0.3, -0.25) is 24.7 Å². The van der Waals surface area contributed by atoms with E-state index in [2.05, 4.69) is 0 Å². The van der Waals surface area contributed by atoms with Gasteiger partial charge in [0.25, 0.3) is 5.91 Å². The Balaban J connectivity index is 2.16. The average Bonchev–Trinajstić information content (AvgIpc) is 2.54. The Bertz CT molecular complexity index is 421. The molecule has 1 saturated heterocycles. The van der Waals surface area contributed by atoms with Crippen LogP contribution in [0, 0.1) is 11.8 Å². The smallest absolute Gasteiger partial charge is 0.254 e. The summed E-state index contributed by atoms with van der Waals surface area (Å²) in [6.45, 7) is -0.321. The van der Waals surface area contributed by atoms with Crippen molar-refractivity contribution in [2.24, 2.45) is 17.7 Å². The molecule has 0 aromatic carbocycles. The van der Waals surface area contributed by atoms with Crippen LogP contribution in [0.4, 0.5) is 0 Å². The Hall–Kier alpha value is -1.40. The molecular weight excluding hydrogens is 246 g/mol. The number of nitrogens with zero attached hydrogens (tertiary/aromatic N) is 1. The van der Waals surface area contributed by atoms with Gasteiger partial charge >= 0.3 is 0 Å². The minimum Gasteiger partial charge on any atom is -0.293 e. The van der Waals surface area contributed by atoms with E-state index in [9.17, 15) is 14.4 Å². The molecule has 2 rings (SSSR count). The van der Waals surface area contributed by atoms with Crippen LogP contribution in [0.5, 0.6) is 0 Å². The largest absolute Gasteiger partial charge is 0.293 e. The number of hydrogen-bond acceptors (Lipinski definition) is 4. The van der Waals surface area contributed by atoms with Gasteiger partial charge in [0, 0.05) is 5.03 Å². The van der Waals surface area contributed by atoms with Crippen molar-refractivity contribution < 1.29 is 14.4 Å². The molecule has 0 bridgehead atoms. The van der Waals surface area contributed by atoms with Crippen molar-refractivity contribution in [2.45, 2.75) is 12.8 Å². The van der Waals surface area contributed by atoms with E-state index in [1.807, 2.05) is 5.43 Å². The zero-order chi connectivity index (χ0) is 12.6. The molecule has 92 valence electrons. The fraction of sp³-hybridized carbons (Fsp3) is 0.500. The normalized spacial score (nSPS) is 27.9. The van der Waals surface area contributed by atoms with Gasteiger partial charge in [0.2, 0.25) is 11.8 Å². The third-order valence-electron chi connectivity index (χ3n) is 3.12. The molecule has 0 spiro atoms. The van der Waals surface area contributed by atoms with Crippen molar-refractivity contribution in [2.75, 3.05) is 6.54 Å². The topological polar surface area (TPSA) is 92.5 Å². The number of rotatable bonds is 2. The predicted molar refractivity (Wildman–Crippen MR) is 59.2 cm³/mol. The maximum absolute atomic E-state index is 11.9. The molecule has 1 aliphatic heterocycles. The first-order valence-electron chi connectivity index (χ1n) is 5.23. The zero-order valence-corrected chi connectivity index (χ0v) is 9.74. The molecule has 2 aliphatic rings. The van der Waals surface area contributed by atoms with E-state index in [-0.39, 0.29) is 24.3 Å². The molecule has 0 radical (unpaired) electrons. The number of hydrogen-bond donors (Lipinski definition) is 2. The van der Waals surface area contributed by atoms with Gasteiger partial charge in [-0.25, -0.2) is 5.84 Å². The summed E-state index contributed by atoms with van der Waals surface area (Å²) in [5.41, 5.74) is 1.90. The fourth-order valence-corrected chi connectivity index (χ4v) is 2.50. The van der Waals surface area contributed by atoms with Crippen LogP contribution >= 0.6 is 11.6 Å². The molecule has 17 heavy (non-hydrogen) atoms. The summed E-state index contributed by atoms with van der Waals surface area (Å²) in [5.74, 6) is 2.91. The molecule has 0 saturated carbocycles. The highest BCUT2D eigenvalue weighted by atomic mass is 35.5. The maximum atomic E-state index is 11.9. The first-order chi connectivity index (χ1) is 8.04. The fourth-order valence-electron chi connectivity index (χ4n) is 2.24. The Morgan fingerprint density at radius 1 is 1.47 bits per heavy atom. The second kappa shape index (κ2) is 4.46. The number of amides is 3. The summed E-state index contributed by atoms with van der Waals surface area (Å²) < 4.78 is 0. The highest BCUT2D eigenvalue weighted by molar-refractivity contribution is 6.30. The number of hydrazine groups is 1. The van der Waals surface area contributed by atoms with E-state index < -0.39 is 11.8 Å². The molecule has 7 heteroatoms. The molecule has 0 aromatic rings. The van der Waals surface area contributed by atoms with Crippen molar-refractivity contribution in [3.8, 4) is 0 Å². The van der Waals surface area contributed by atoms with Crippen LogP contribution in [0.2, 0.25) is 0 Å². The van der Waals surface area contributed by atoms with Gasteiger partial charge in [0.05, 0.1) is 11.8 Å². The molecule has 3 N–H and O–H groups in total. The molecule has 1 aliphatic carbocycles. The van der Waals surface area contributed by atoms with Crippen LogP contribution in [0.1, 0.15) is 12.8 Å². The third kappa shape index (κ3) is 2.05. The molecule has 1 heterocycles. The molecular formula is C10H12ClN3O3. The van der Waals surface area contributed by atoms with Gasteiger partial charge in [-0.05, 0) is 12.8 Å². The van der Waals surface area contributed by atoms with Crippen LogP contribution in [0.25, 0.3) is 0 Å². The second-order valence-electron chi connectivity index (χ2n) is 4.13. The van der Waals surface area contributed by atoms with E-state index in [0.29, 0.717) is 17.9 Å². The lowest BCUT2D eigenvalue weighted by Crippen LogP contribution is -2.43. The standard InChI is InChI=1S/C10H12ClN3O3/c11-5-1-2-6-7(3-5)10(17)14(9(6)16)4-8(15)13-12/h1,6-7H,2-4,12H2,(H,13,15)/t6-,7-/m1/s1. The molecule has 0 aromatic heterocycles. The van der Waals surface area contributed by atoms with Crippen molar-refractivity contribution in [1.82, 2.24) is 10.3 Å². The van der Waals surface area contributed by atoms with Gasteiger partial charge in [0.15, 0.2) is 0 Å². The van der Waals surface area contributed by atoms with Crippen LogP contribution < -0.4 is 11.3 Å². The van der Waals surface area contributed by atoms with Gasteiger partial charge in [-0.2, -0.15) is 0 Å². The summed E-state index contributed by atoms with van der Waals surface area (Å²) in [7, 11) is 0. The quantitative estimate of drug-likeness (QED) is 0.302. The summed E-state index contributed by atoms with van der Waals surface area (Å²) in [6, 6.07) is 0. The Morgan fingerprint density at radius 3 is 2.76 bits per heavy atom. The summed E-state index contributed by atoms with van der Waals surface area (Å²) in [4.78, 5) is 35.9. The molecule has 3 amide bonds.